The van der Waals surface area contributed by atoms with Crippen LogP contribution >= 0.6 is 12.2 Å². The van der Waals surface area contributed by atoms with Gasteiger partial charge < -0.3 is 21.1 Å². The number of esters is 1. The molecule has 96 valence electrons. The van der Waals surface area contributed by atoms with Crippen molar-refractivity contribution in [3.8, 4) is 0 Å². The Bertz CT molecular complexity index is 332. The predicted octanol–water partition coefficient (Wildman–Crippen LogP) is -1.54. The summed E-state index contributed by atoms with van der Waals surface area (Å²) in [5.74, 6) is -2.46. The summed E-state index contributed by atoms with van der Waals surface area (Å²) < 4.78 is 4.66. The van der Waals surface area contributed by atoms with Gasteiger partial charge in [0, 0.05) is 0 Å². The van der Waals surface area contributed by atoms with Crippen LogP contribution in [0.1, 0.15) is 13.8 Å². The molecule has 8 heteroatoms. The van der Waals surface area contributed by atoms with Gasteiger partial charge in [-0.15, -0.1) is 0 Å². The second-order valence-electron chi connectivity index (χ2n) is 3.10. The molecule has 0 saturated heterocycles. The normalized spacial score (nSPS) is 11.2. The molecule has 0 aliphatic heterocycles. The summed E-state index contributed by atoms with van der Waals surface area (Å²) in [7, 11) is 0. The van der Waals surface area contributed by atoms with Crippen molar-refractivity contribution in [3.05, 3.63) is 0 Å². The Hall–Kier alpha value is -1.70. The number of carbonyl (C=O) groups is 3. The van der Waals surface area contributed by atoms with Gasteiger partial charge in [-0.2, -0.15) is 0 Å². The maximum atomic E-state index is 11.3. The molecular formula is C9H15N3O4S. The topological polar surface area (TPSA) is 111 Å². The van der Waals surface area contributed by atoms with Gasteiger partial charge in [-0.1, -0.05) is 12.2 Å². The molecule has 0 saturated carbocycles. The van der Waals surface area contributed by atoms with E-state index in [0.29, 0.717) is 0 Å². The van der Waals surface area contributed by atoms with E-state index in [0.717, 1.165) is 0 Å². The van der Waals surface area contributed by atoms with Gasteiger partial charge in [-0.3, -0.25) is 9.59 Å². The maximum absolute atomic E-state index is 11.3. The standard InChI is InChI=1S/C9H15N3O4S/c1-3-16-9(15)5(2)12-8(14)7(13)11-4-6(10)17/h5H,3-4H2,1-2H3,(H2,10,17)(H,11,13)(H,12,14). The molecule has 0 rings (SSSR count). The van der Waals surface area contributed by atoms with E-state index in [9.17, 15) is 14.4 Å². The zero-order valence-corrected chi connectivity index (χ0v) is 10.4. The van der Waals surface area contributed by atoms with Crippen LogP contribution in [-0.4, -0.2) is 42.0 Å². The van der Waals surface area contributed by atoms with Gasteiger partial charge in [0.05, 0.1) is 18.1 Å². The Kier molecular flexibility index (Phi) is 6.80. The summed E-state index contributed by atoms with van der Waals surface area (Å²) in [6.45, 7) is 3.18. The molecule has 0 aromatic carbocycles. The average Bonchev–Trinajstić information content (AvgIpc) is 2.25. The molecule has 7 nitrogen and oxygen atoms in total. The fourth-order valence-electron chi connectivity index (χ4n) is 0.836. The number of hydrogen-bond donors (Lipinski definition) is 3. The van der Waals surface area contributed by atoms with Gasteiger partial charge in [-0.25, -0.2) is 4.79 Å². The highest BCUT2D eigenvalue weighted by atomic mass is 32.1. The number of amides is 2. The Morgan fingerprint density at radius 3 is 2.41 bits per heavy atom. The van der Waals surface area contributed by atoms with Crippen molar-refractivity contribution >= 4 is 35.0 Å². The molecule has 0 aliphatic rings. The molecule has 1 atom stereocenters. The van der Waals surface area contributed by atoms with Crippen molar-refractivity contribution < 1.29 is 19.1 Å². The zero-order valence-electron chi connectivity index (χ0n) is 9.61. The van der Waals surface area contributed by atoms with Crippen molar-refractivity contribution in [3.63, 3.8) is 0 Å². The number of nitrogens with two attached hydrogens (primary N) is 1. The first-order valence-electron chi connectivity index (χ1n) is 4.92. The molecule has 0 aromatic rings. The first-order chi connectivity index (χ1) is 7.88. The van der Waals surface area contributed by atoms with Crippen LogP contribution in [0.4, 0.5) is 0 Å². The number of carbonyl (C=O) groups excluding carboxylic acids is 3. The molecule has 0 aliphatic carbocycles. The molecule has 0 heterocycles. The maximum Gasteiger partial charge on any atom is 0.328 e. The van der Waals surface area contributed by atoms with E-state index in [4.69, 9.17) is 5.73 Å². The van der Waals surface area contributed by atoms with Crippen molar-refractivity contribution in [2.24, 2.45) is 5.73 Å². The number of ether oxygens (including phenoxy) is 1. The molecule has 0 aromatic heterocycles. The number of rotatable bonds is 5. The molecule has 4 N–H and O–H groups in total. The molecule has 2 amide bonds. The fourth-order valence-corrected chi connectivity index (χ4v) is 0.908. The lowest BCUT2D eigenvalue weighted by Gasteiger charge is -2.12. The van der Waals surface area contributed by atoms with Gasteiger partial charge in [0.1, 0.15) is 6.04 Å². The minimum Gasteiger partial charge on any atom is -0.464 e. The van der Waals surface area contributed by atoms with E-state index in [1.165, 1.54) is 6.92 Å². The van der Waals surface area contributed by atoms with Gasteiger partial charge >= 0.3 is 17.8 Å². The Balaban J connectivity index is 4.11. The Labute approximate surface area is 104 Å². The van der Waals surface area contributed by atoms with Crippen molar-refractivity contribution in [1.29, 1.82) is 0 Å². The quantitative estimate of drug-likeness (QED) is 0.314. The molecule has 0 radical (unpaired) electrons. The van der Waals surface area contributed by atoms with Gasteiger partial charge in [0.2, 0.25) is 0 Å². The first-order valence-corrected chi connectivity index (χ1v) is 5.33. The van der Waals surface area contributed by atoms with E-state index < -0.39 is 23.8 Å². The lowest BCUT2D eigenvalue weighted by Crippen LogP contribution is -2.48. The third kappa shape index (κ3) is 6.46. The van der Waals surface area contributed by atoms with E-state index in [1.54, 1.807) is 6.92 Å². The Morgan fingerprint density at radius 2 is 1.94 bits per heavy atom. The molecule has 17 heavy (non-hydrogen) atoms. The number of hydrogen-bond acceptors (Lipinski definition) is 5. The second-order valence-corrected chi connectivity index (χ2v) is 3.62. The molecule has 0 spiro atoms. The Morgan fingerprint density at radius 1 is 1.35 bits per heavy atom. The van der Waals surface area contributed by atoms with Crippen molar-refractivity contribution in [2.45, 2.75) is 19.9 Å². The van der Waals surface area contributed by atoms with Crippen molar-refractivity contribution in [2.75, 3.05) is 13.2 Å². The summed E-state index contributed by atoms with van der Waals surface area (Å²) in [6, 6.07) is -0.891. The van der Waals surface area contributed by atoms with Gasteiger partial charge in [0.25, 0.3) is 0 Å². The summed E-state index contributed by atoms with van der Waals surface area (Å²) in [5, 5.41) is 4.37. The minimum absolute atomic E-state index is 0.0598. The third-order valence-corrected chi connectivity index (χ3v) is 1.76. The zero-order chi connectivity index (χ0) is 13.4. The smallest absolute Gasteiger partial charge is 0.328 e. The van der Waals surface area contributed by atoms with E-state index in [2.05, 4.69) is 27.6 Å². The third-order valence-electron chi connectivity index (χ3n) is 1.62. The monoisotopic (exact) mass is 261 g/mol. The largest absolute Gasteiger partial charge is 0.464 e. The van der Waals surface area contributed by atoms with Crippen LogP contribution < -0.4 is 16.4 Å². The predicted molar refractivity (Wildman–Crippen MR) is 64.0 cm³/mol. The minimum atomic E-state index is -0.943. The first kappa shape index (κ1) is 15.3. The molecular weight excluding hydrogens is 246 g/mol. The lowest BCUT2D eigenvalue weighted by molar-refractivity contribution is -0.148. The van der Waals surface area contributed by atoms with Gasteiger partial charge in [-0.05, 0) is 13.8 Å². The van der Waals surface area contributed by atoms with Crippen molar-refractivity contribution in [1.82, 2.24) is 10.6 Å². The van der Waals surface area contributed by atoms with Crippen LogP contribution in [0.5, 0.6) is 0 Å². The fraction of sp³-hybridized carbons (Fsp3) is 0.556. The van der Waals surface area contributed by atoms with Gasteiger partial charge in [0.15, 0.2) is 0 Å². The molecule has 0 bridgehead atoms. The lowest BCUT2D eigenvalue weighted by atomic mass is 10.3. The summed E-state index contributed by atoms with van der Waals surface area (Å²) in [4.78, 5) is 33.7. The van der Waals surface area contributed by atoms with Crippen LogP contribution in [0.25, 0.3) is 0 Å². The summed E-state index contributed by atoms with van der Waals surface area (Å²) >= 11 is 4.52. The van der Waals surface area contributed by atoms with E-state index in [1.807, 2.05) is 0 Å². The number of thiocarbonyl (C=S) groups is 1. The van der Waals surface area contributed by atoms with Crippen LogP contribution in [0, 0.1) is 0 Å². The SMILES string of the molecule is CCOC(=O)C(C)NC(=O)C(=O)NCC(N)=S. The molecule has 1 unspecified atom stereocenters. The number of nitrogens with one attached hydrogen (secondary N) is 2. The van der Waals surface area contributed by atoms with Crippen LogP contribution in [0.3, 0.4) is 0 Å². The van der Waals surface area contributed by atoms with Crippen LogP contribution in [0.2, 0.25) is 0 Å². The van der Waals surface area contributed by atoms with Crippen LogP contribution in [-0.2, 0) is 19.1 Å². The second kappa shape index (κ2) is 7.55. The highest BCUT2D eigenvalue weighted by molar-refractivity contribution is 7.80. The van der Waals surface area contributed by atoms with Crippen LogP contribution in [0.15, 0.2) is 0 Å². The summed E-state index contributed by atoms with van der Waals surface area (Å²) in [5.41, 5.74) is 5.14. The molecule has 0 fully saturated rings. The summed E-state index contributed by atoms with van der Waals surface area (Å²) in [6.07, 6.45) is 0. The highest BCUT2D eigenvalue weighted by Gasteiger charge is 2.20. The highest BCUT2D eigenvalue weighted by Crippen LogP contribution is 1.87. The van der Waals surface area contributed by atoms with E-state index >= 15 is 0 Å². The van der Waals surface area contributed by atoms with E-state index in [-0.39, 0.29) is 18.1 Å². The average molecular weight is 261 g/mol.